The molecule has 90 valence electrons. The molecule has 1 aromatic rings. The van der Waals surface area contributed by atoms with Gasteiger partial charge >= 0.3 is 5.97 Å². The summed E-state index contributed by atoms with van der Waals surface area (Å²) in [5, 5.41) is 10.3. The molecular weight excluding hydrogens is 250 g/mol. The first-order chi connectivity index (χ1) is 7.35. The third-order valence-electron chi connectivity index (χ3n) is 1.93. The van der Waals surface area contributed by atoms with Crippen molar-refractivity contribution in [3.63, 3.8) is 0 Å². The second-order valence-corrected chi connectivity index (χ2v) is 6.53. The molecular formula is C9H13NO4S2. The van der Waals surface area contributed by atoms with E-state index >= 15 is 0 Å². The van der Waals surface area contributed by atoms with Crippen LogP contribution in [0.5, 0.6) is 0 Å². The Balaban J connectivity index is 3.08. The van der Waals surface area contributed by atoms with Crippen LogP contribution in [0.25, 0.3) is 0 Å². The molecule has 1 aromatic heterocycles. The number of carboxylic acids is 1. The molecule has 0 bridgehead atoms. The first-order valence-electron chi connectivity index (χ1n) is 4.63. The smallest absolute Gasteiger partial charge is 0.318 e. The van der Waals surface area contributed by atoms with E-state index in [0.29, 0.717) is 0 Å². The largest absolute Gasteiger partial charge is 0.480 e. The standard InChI is InChI=1S/C9H13NO4S2/c1-7(2)10(6-8(11)12)16(13,14)9-4-3-5-15-9/h3-5,7H,6H2,1-2H3,(H,11,12). The first kappa shape index (κ1) is 13.1. The van der Waals surface area contributed by atoms with Crippen molar-refractivity contribution in [2.45, 2.75) is 24.1 Å². The topological polar surface area (TPSA) is 74.7 Å². The summed E-state index contributed by atoms with van der Waals surface area (Å²) < 4.78 is 25.2. The van der Waals surface area contributed by atoms with Gasteiger partial charge in [0, 0.05) is 6.04 Å². The lowest BCUT2D eigenvalue weighted by molar-refractivity contribution is -0.137. The van der Waals surface area contributed by atoms with Crippen LogP contribution >= 0.6 is 11.3 Å². The van der Waals surface area contributed by atoms with Gasteiger partial charge in [0.15, 0.2) is 0 Å². The van der Waals surface area contributed by atoms with E-state index in [0.717, 1.165) is 15.6 Å². The summed E-state index contributed by atoms with van der Waals surface area (Å²) in [7, 11) is -3.68. The number of hydrogen-bond acceptors (Lipinski definition) is 4. The minimum atomic E-state index is -3.68. The highest BCUT2D eigenvalue weighted by atomic mass is 32.2. The monoisotopic (exact) mass is 263 g/mol. The van der Waals surface area contributed by atoms with E-state index in [9.17, 15) is 13.2 Å². The number of carbonyl (C=O) groups is 1. The van der Waals surface area contributed by atoms with Gasteiger partial charge in [0.1, 0.15) is 10.8 Å². The number of nitrogens with zero attached hydrogens (tertiary/aromatic N) is 1. The van der Waals surface area contributed by atoms with Gasteiger partial charge in [-0.3, -0.25) is 4.79 Å². The van der Waals surface area contributed by atoms with Gasteiger partial charge in [-0.25, -0.2) is 8.42 Å². The predicted octanol–water partition coefficient (Wildman–Crippen LogP) is 1.23. The SMILES string of the molecule is CC(C)N(CC(=O)O)S(=O)(=O)c1cccs1. The maximum absolute atomic E-state index is 12.0. The fourth-order valence-corrected chi connectivity index (χ4v) is 3.91. The Morgan fingerprint density at radius 1 is 1.56 bits per heavy atom. The van der Waals surface area contributed by atoms with E-state index in [2.05, 4.69) is 0 Å². The molecule has 0 aliphatic rings. The summed E-state index contributed by atoms with van der Waals surface area (Å²) in [4.78, 5) is 10.6. The Labute approximate surface area is 98.4 Å². The van der Waals surface area contributed by atoms with Crippen LogP contribution < -0.4 is 0 Å². The molecule has 0 amide bonds. The number of thiophene rings is 1. The van der Waals surface area contributed by atoms with E-state index in [1.165, 1.54) is 6.07 Å². The van der Waals surface area contributed by atoms with Gasteiger partial charge in [-0.2, -0.15) is 4.31 Å². The molecule has 16 heavy (non-hydrogen) atoms. The van der Waals surface area contributed by atoms with E-state index in [1.54, 1.807) is 25.3 Å². The second kappa shape index (κ2) is 4.94. The van der Waals surface area contributed by atoms with Crippen molar-refractivity contribution in [3.8, 4) is 0 Å². The zero-order valence-electron chi connectivity index (χ0n) is 8.95. The zero-order chi connectivity index (χ0) is 12.3. The summed E-state index contributed by atoms with van der Waals surface area (Å²) >= 11 is 1.08. The van der Waals surface area contributed by atoms with Crippen LogP contribution in [-0.4, -0.2) is 36.4 Å². The molecule has 7 heteroatoms. The van der Waals surface area contributed by atoms with Gasteiger partial charge in [-0.05, 0) is 25.3 Å². The first-order valence-corrected chi connectivity index (χ1v) is 6.95. The highest BCUT2D eigenvalue weighted by Gasteiger charge is 2.29. The van der Waals surface area contributed by atoms with Crippen LogP contribution in [-0.2, 0) is 14.8 Å². The molecule has 1 rings (SSSR count). The molecule has 0 saturated carbocycles. The summed E-state index contributed by atoms with van der Waals surface area (Å²) in [6.07, 6.45) is 0. The predicted molar refractivity (Wildman–Crippen MR) is 61.0 cm³/mol. The van der Waals surface area contributed by atoms with Gasteiger partial charge in [0.2, 0.25) is 0 Å². The van der Waals surface area contributed by atoms with Crippen LogP contribution in [0.4, 0.5) is 0 Å². The molecule has 0 aromatic carbocycles. The van der Waals surface area contributed by atoms with E-state index in [1.807, 2.05) is 0 Å². The van der Waals surface area contributed by atoms with Crippen molar-refractivity contribution in [3.05, 3.63) is 17.5 Å². The van der Waals surface area contributed by atoms with Crippen molar-refractivity contribution >= 4 is 27.3 Å². The number of aliphatic carboxylic acids is 1. The summed E-state index contributed by atoms with van der Waals surface area (Å²) in [5.41, 5.74) is 0. The van der Waals surface area contributed by atoms with Crippen LogP contribution in [0.2, 0.25) is 0 Å². The maximum Gasteiger partial charge on any atom is 0.318 e. The Hall–Kier alpha value is -0.920. The average Bonchev–Trinajstić information content (AvgIpc) is 2.66. The molecule has 0 spiro atoms. The van der Waals surface area contributed by atoms with E-state index in [-0.39, 0.29) is 10.3 Å². The molecule has 0 unspecified atom stereocenters. The van der Waals surface area contributed by atoms with Crippen LogP contribution in [0.3, 0.4) is 0 Å². The summed E-state index contributed by atoms with van der Waals surface area (Å²) in [6, 6.07) is 2.71. The third kappa shape index (κ3) is 2.81. The fourth-order valence-electron chi connectivity index (χ4n) is 1.20. The zero-order valence-corrected chi connectivity index (χ0v) is 10.6. The lowest BCUT2D eigenvalue weighted by atomic mass is 10.4. The van der Waals surface area contributed by atoms with Gasteiger partial charge in [0.25, 0.3) is 10.0 Å². The lowest BCUT2D eigenvalue weighted by Gasteiger charge is -2.23. The molecule has 0 aliphatic carbocycles. The Bertz CT molecular complexity index is 450. The average molecular weight is 263 g/mol. The summed E-state index contributed by atoms with van der Waals surface area (Å²) in [6.45, 7) is 2.78. The Morgan fingerprint density at radius 3 is 2.56 bits per heavy atom. The quantitative estimate of drug-likeness (QED) is 0.867. The van der Waals surface area contributed by atoms with E-state index in [4.69, 9.17) is 5.11 Å². The number of rotatable bonds is 5. The van der Waals surface area contributed by atoms with Gasteiger partial charge in [-0.1, -0.05) is 6.07 Å². The highest BCUT2D eigenvalue weighted by Crippen LogP contribution is 2.22. The van der Waals surface area contributed by atoms with Crippen molar-refractivity contribution in [2.75, 3.05) is 6.54 Å². The number of hydrogen-bond donors (Lipinski definition) is 1. The van der Waals surface area contributed by atoms with Crippen molar-refractivity contribution < 1.29 is 18.3 Å². The van der Waals surface area contributed by atoms with Gasteiger partial charge < -0.3 is 5.11 Å². The van der Waals surface area contributed by atoms with Crippen LogP contribution in [0.1, 0.15) is 13.8 Å². The fraction of sp³-hybridized carbons (Fsp3) is 0.444. The Kier molecular flexibility index (Phi) is 4.06. The Morgan fingerprint density at radius 2 is 2.19 bits per heavy atom. The second-order valence-electron chi connectivity index (χ2n) is 3.47. The minimum absolute atomic E-state index is 0.169. The number of carboxylic acid groups (broad SMARTS) is 1. The van der Waals surface area contributed by atoms with Crippen LogP contribution in [0.15, 0.2) is 21.7 Å². The van der Waals surface area contributed by atoms with Crippen molar-refractivity contribution in [2.24, 2.45) is 0 Å². The molecule has 0 saturated heterocycles. The highest BCUT2D eigenvalue weighted by molar-refractivity contribution is 7.91. The maximum atomic E-state index is 12.0. The normalized spacial score (nSPS) is 12.2. The molecule has 0 radical (unpaired) electrons. The molecule has 1 N–H and O–H groups in total. The third-order valence-corrected chi connectivity index (χ3v) is 5.32. The van der Waals surface area contributed by atoms with Gasteiger partial charge in [0.05, 0.1) is 0 Å². The molecule has 0 fully saturated rings. The van der Waals surface area contributed by atoms with Crippen LogP contribution in [0, 0.1) is 0 Å². The van der Waals surface area contributed by atoms with Crippen molar-refractivity contribution in [1.82, 2.24) is 4.31 Å². The van der Waals surface area contributed by atoms with Gasteiger partial charge in [-0.15, -0.1) is 11.3 Å². The van der Waals surface area contributed by atoms with E-state index < -0.39 is 22.5 Å². The lowest BCUT2D eigenvalue weighted by Crippen LogP contribution is -2.40. The molecule has 5 nitrogen and oxygen atoms in total. The van der Waals surface area contributed by atoms with Crippen molar-refractivity contribution in [1.29, 1.82) is 0 Å². The summed E-state index contributed by atoms with van der Waals surface area (Å²) in [5.74, 6) is -1.16. The minimum Gasteiger partial charge on any atom is -0.480 e. The molecule has 1 heterocycles. The number of sulfonamides is 1. The molecule has 0 aliphatic heterocycles. The molecule has 0 atom stereocenters.